The minimum absolute atomic E-state index is 0.108. The molecular weight excluding hydrogens is 274 g/mol. The van der Waals surface area contributed by atoms with E-state index >= 15 is 0 Å². The lowest BCUT2D eigenvalue weighted by Gasteiger charge is -2.21. The molecule has 0 saturated carbocycles. The Bertz CT molecular complexity index is 799. The van der Waals surface area contributed by atoms with Crippen LogP contribution in [0.2, 0.25) is 0 Å². The Hall–Kier alpha value is -2.20. The highest BCUT2D eigenvalue weighted by Crippen LogP contribution is 2.34. The molecule has 1 N–H and O–H groups in total. The molecule has 0 aliphatic carbocycles. The molecule has 4 heteroatoms. The zero-order chi connectivity index (χ0) is 15.2. The van der Waals surface area contributed by atoms with Crippen molar-refractivity contribution in [1.82, 2.24) is 0 Å². The molecule has 0 saturated heterocycles. The van der Waals surface area contributed by atoms with Gasteiger partial charge in [0.05, 0.1) is 0 Å². The molecule has 0 spiro atoms. The lowest BCUT2D eigenvalue weighted by Crippen LogP contribution is -2.22. The number of benzene rings is 2. The average molecular weight is 288 g/mol. The predicted octanol–water partition coefficient (Wildman–Crippen LogP) is 4.28. The highest BCUT2D eigenvalue weighted by Gasteiger charge is 2.31. The van der Waals surface area contributed by atoms with Crippen molar-refractivity contribution in [2.24, 2.45) is 0 Å². The molecule has 1 aromatic heterocycles. The first kappa shape index (κ1) is 13.8. The molecule has 1 heterocycles. The quantitative estimate of drug-likeness (QED) is 0.763. The predicted molar refractivity (Wildman–Crippen MR) is 76.0 cm³/mol. The highest BCUT2D eigenvalue weighted by atomic mass is 19.1. The first-order valence-corrected chi connectivity index (χ1v) is 6.56. The van der Waals surface area contributed by atoms with E-state index in [1.165, 1.54) is 6.92 Å². The van der Waals surface area contributed by atoms with Crippen molar-refractivity contribution < 1.29 is 18.3 Å². The Morgan fingerprint density at radius 3 is 2.33 bits per heavy atom. The van der Waals surface area contributed by atoms with Crippen LogP contribution in [-0.2, 0) is 5.60 Å². The lowest BCUT2D eigenvalue weighted by molar-refractivity contribution is 0.0779. The van der Waals surface area contributed by atoms with Gasteiger partial charge < -0.3 is 9.52 Å². The smallest absolute Gasteiger partial charge is 0.144 e. The van der Waals surface area contributed by atoms with E-state index in [0.717, 1.165) is 29.1 Å². The maximum atomic E-state index is 13.4. The second-order valence-corrected chi connectivity index (χ2v) is 5.33. The average Bonchev–Trinajstić information content (AvgIpc) is 2.83. The molecule has 108 valence electrons. The number of hydrogen-bond acceptors (Lipinski definition) is 2. The summed E-state index contributed by atoms with van der Waals surface area (Å²) in [5, 5.41) is 11.5. The summed E-state index contributed by atoms with van der Waals surface area (Å²) in [7, 11) is 0. The fourth-order valence-corrected chi connectivity index (χ4v) is 2.43. The molecule has 0 radical (unpaired) electrons. The van der Waals surface area contributed by atoms with Gasteiger partial charge in [0.2, 0.25) is 0 Å². The van der Waals surface area contributed by atoms with Crippen molar-refractivity contribution in [2.45, 2.75) is 19.4 Å². The maximum Gasteiger partial charge on any atom is 0.144 e. The van der Waals surface area contributed by atoms with Crippen molar-refractivity contribution in [2.75, 3.05) is 0 Å². The molecule has 2 nitrogen and oxygen atoms in total. The number of halogens is 2. The molecule has 1 unspecified atom stereocenters. The van der Waals surface area contributed by atoms with Crippen LogP contribution in [0.3, 0.4) is 0 Å². The molecule has 0 aliphatic rings. The van der Waals surface area contributed by atoms with E-state index in [9.17, 15) is 13.9 Å². The minimum Gasteiger partial charge on any atom is -0.457 e. The fourth-order valence-electron chi connectivity index (χ4n) is 2.43. The summed E-state index contributed by atoms with van der Waals surface area (Å²) in [4.78, 5) is 0. The van der Waals surface area contributed by atoms with Gasteiger partial charge in [0.15, 0.2) is 0 Å². The Balaban J connectivity index is 2.17. The molecule has 2 aromatic carbocycles. The molecule has 3 rings (SSSR count). The van der Waals surface area contributed by atoms with E-state index in [4.69, 9.17) is 4.42 Å². The van der Waals surface area contributed by atoms with Gasteiger partial charge in [-0.1, -0.05) is 18.2 Å². The first-order valence-electron chi connectivity index (χ1n) is 6.56. The van der Waals surface area contributed by atoms with Gasteiger partial charge in [0.1, 0.15) is 28.6 Å². The summed E-state index contributed by atoms with van der Waals surface area (Å²) >= 11 is 0. The second kappa shape index (κ2) is 4.67. The van der Waals surface area contributed by atoms with E-state index in [-0.39, 0.29) is 11.3 Å². The summed E-state index contributed by atoms with van der Waals surface area (Å²) in [6.07, 6.45) is 0. The third kappa shape index (κ3) is 2.32. The van der Waals surface area contributed by atoms with Crippen LogP contribution in [0.25, 0.3) is 11.0 Å². The van der Waals surface area contributed by atoms with Gasteiger partial charge in [0.25, 0.3) is 0 Å². The van der Waals surface area contributed by atoms with E-state index in [0.29, 0.717) is 5.58 Å². The summed E-state index contributed by atoms with van der Waals surface area (Å²) in [5.41, 5.74) is 0.0790. The largest absolute Gasteiger partial charge is 0.457 e. The summed E-state index contributed by atoms with van der Waals surface area (Å²) < 4.78 is 32.4. The SMILES string of the molecule is Cc1cccc2cc(C(C)(O)c3cc(F)cc(F)c3)oc12. The van der Waals surface area contributed by atoms with Crippen LogP contribution in [-0.4, -0.2) is 5.11 Å². The minimum atomic E-state index is -1.62. The second-order valence-electron chi connectivity index (χ2n) is 5.33. The Morgan fingerprint density at radius 2 is 1.71 bits per heavy atom. The molecule has 3 aromatic rings. The topological polar surface area (TPSA) is 33.4 Å². The third-order valence-corrected chi connectivity index (χ3v) is 3.65. The van der Waals surface area contributed by atoms with Crippen molar-refractivity contribution in [1.29, 1.82) is 0 Å². The van der Waals surface area contributed by atoms with Gasteiger partial charge in [-0.3, -0.25) is 0 Å². The normalized spacial score (nSPS) is 14.3. The molecule has 0 amide bonds. The number of aliphatic hydroxyl groups is 1. The van der Waals surface area contributed by atoms with Crippen LogP contribution in [0.5, 0.6) is 0 Å². The summed E-state index contributed by atoms with van der Waals surface area (Å²) in [5.74, 6) is -1.23. The molecule has 21 heavy (non-hydrogen) atoms. The van der Waals surface area contributed by atoms with Gasteiger partial charge in [-0.05, 0) is 43.2 Å². The van der Waals surface area contributed by atoms with Crippen LogP contribution in [0.1, 0.15) is 23.8 Å². The van der Waals surface area contributed by atoms with Crippen LogP contribution < -0.4 is 0 Å². The van der Waals surface area contributed by atoms with E-state index < -0.39 is 17.2 Å². The van der Waals surface area contributed by atoms with Gasteiger partial charge in [-0.25, -0.2) is 8.78 Å². The number of fused-ring (bicyclic) bond motifs is 1. The van der Waals surface area contributed by atoms with E-state index in [2.05, 4.69) is 0 Å². The number of hydrogen-bond donors (Lipinski definition) is 1. The van der Waals surface area contributed by atoms with Crippen LogP contribution in [0.4, 0.5) is 8.78 Å². The Morgan fingerprint density at radius 1 is 1.05 bits per heavy atom. The van der Waals surface area contributed by atoms with Crippen molar-refractivity contribution in [3.05, 3.63) is 71.0 Å². The lowest BCUT2D eigenvalue weighted by atomic mass is 9.93. The van der Waals surface area contributed by atoms with Gasteiger partial charge >= 0.3 is 0 Å². The van der Waals surface area contributed by atoms with Crippen LogP contribution >= 0.6 is 0 Å². The van der Waals surface area contributed by atoms with Crippen LogP contribution in [0.15, 0.2) is 46.9 Å². The first-order chi connectivity index (χ1) is 9.88. The molecule has 0 aliphatic heterocycles. The zero-order valence-corrected chi connectivity index (χ0v) is 11.7. The van der Waals surface area contributed by atoms with Gasteiger partial charge in [-0.15, -0.1) is 0 Å². The Kier molecular flexibility index (Phi) is 3.06. The molecule has 0 bridgehead atoms. The van der Waals surface area contributed by atoms with Crippen molar-refractivity contribution in [3.8, 4) is 0 Å². The maximum absolute atomic E-state index is 13.4. The number of furan rings is 1. The standard InChI is InChI=1S/C17H14F2O2/c1-10-4-3-5-11-6-15(21-16(10)11)17(2,20)12-7-13(18)9-14(19)8-12/h3-9,20H,1-2H3. The van der Waals surface area contributed by atoms with Gasteiger partial charge in [0, 0.05) is 11.5 Å². The molecular formula is C17H14F2O2. The number of aryl methyl sites for hydroxylation is 1. The zero-order valence-electron chi connectivity index (χ0n) is 11.7. The van der Waals surface area contributed by atoms with Gasteiger partial charge in [-0.2, -0.15) is 0 Å². The highest BCUT2D eigenvalue weighted by molar-refractivity contribution is 5.81. The van der Waals surface area contributed by atoms with E-state index in [1.807, 2.05) is 25.1 Å². The number of para-hydroxylation sites is 1. The van der Waals surface area contributed by atoms with Crippen LogP contribution in [0, 0.1) is 18.6 Å². The fraction of sp³-hybridized carbons (Fsp3) is 0.176. The molecule has 0 fully saturated rings. The van der Waals surface area contributed by atoms with Crippen molar-refractivity contribution in [3.63, 3.8) is 0 Å². The Labute approximate surface area is 120 Å². The van der Waals surface area contributed by atoms with Crippen molar-refractivity contribution >= 4 is 11.0 Å². The number of rotatable bonds is 2. The monoisotopic (exact) mass is 288 g/mol. The van der Waals surface area contributed by atoms with E-state index in [1.54, 1.807) is 6.07 Å². The summed E-state index contributed by atoms with van der Waals surface area (Å²) in [6.45, 7) is 3.35. The summed E-state index contributed by atoms with van der Waals surface area (Å²) in [6, 6.07) is 10.3. The molecule has 1 atom stereocenters. The third-order valence-electron chi connectivity index (χ3n) is 3.65.